The smallest absolute Gasteiger partial charge is 0.342 e. The van der Waals surface area contributed by atoms with Gasteiger partial charge in [-0.1, -0.05) is 24.3 Å². The number of para-hydroxylation sites is 1. The predicted octanol–water partition coefficient (Wildman–Crippen LogP) is 4.01. The lowest BCUT2D eigenvalue weighted by Crippen LogP contribution is -2.36. The predicted molar refractivity (Wildman–Crippen MR) is 127 cm³/mol. The van der Waals surface area contributed by atoms with Gasteiger partial charge in [0.15, 0.2) is 0 Å². The minimum atomic E-state index is -0.422. The number of hydrazone groups is 1. The number of urea groups is 1. The molecule has 0 aliphatic carbocycles. The van der Waals surface area contributed by atoms with Crippen LogP contribution >= 0.6 is 0 Å². The minimum absolute atomic E-state index is 0.137. The van der Waals surface area contributed by atoms with Crippen molar-refractivity contribution < 1.29 is 14.6 Å². The molecule has 168 valence electrons. The average Bonchev–Trinajstić information content (AvgIpc) is 3.31. The molecule has 8 heteroatoms. The minimum Gasteiger partial charge on any atom is -0.508 e. The summed E-state index contributed by atoms with van der Waals surface area (Å²) in [6.45, 7) is 3.15. The van der Waals surface area contributed by atoms with Gasteiger partial charge in [0.25, 0.3) is 0 Å². The van der Waals surface area contributed by atoms with E-state index in [1.807, 2.05) is 48.5 Å². The first-order valence-electron chi connectivity index (χ1n) is 11.0. The van der Waals surface area contributed by atoms with E-state index in [-0.39, 0.29) is 11.8 Å². The van der Waals surface area contributed by atoms with Crippen LogP contribution < -0.4 is 10.2 Å². The molecule has 1 unspecified atom stereocenters. The van der Waals surface area contributed by atoms with Crippen molar-refractivity contribution in [3.05, 3.63) is 84.2 Å². The Bertz CT molecular complexity index is 1140. The summed E-state index contributed by atoms with van der Waals surface area (Å²) < 4.78 is 5.41. The Morgan fingerprint density at radius 3 is 2.55 bits per heavy atom. The van der Waals surface area contributed by atoms with Crippen molar-refractivity contribution in [1.82, 2.24) is 9.99 Å². The molecule has 5 rings (SSSR count). The maximum absolute atomic E-state index is 13.3. The number of ether oxygens (including phenoxy) is 1. The number of phenols is 1. The standard InChI is InChI=1S/C25H25N5O3/c31-24-6-2-1-5-21(24)23-16-22(18-4-3-11-26-17-18)28-30(23)25(32)27-19-7-9-20(10-8-19)29-12-14-33-15-13-29/h1-11,17,23,31H,12-16H2,(H,27,32). The van der Waals surface area contributed by atoms with Gasteiger partial charge in [-0.2, -0.15) is 5.10 Å². The first kappa shape index (κ1) is 21.0. The van der Waals surface area contributed by atoms with Crippen molar-refractivity contribution in [3.8, 4) is 5.75 Å². The molecule has 2 amide bonds. The van der Waals surface area contributed by atoms with Crippen LogP contribution in [0.2, 0.25) is 0 Å². The Balaban J connectivity index is 1.37. The lowest BCUT2D eigenvalue weighted by Gasteiger charge is -2.29. The second kappa shape index (κ2) is 9.30. The zero-order chi connectivity index (χ0) is 22.6. The summed E-state index contributed by atoms with van der Waals surface area (Å²) in [5.74, 6) is 0.137. The van der Waals surface area contributed by atoms with Crippen LogP contribution in [0.4, 0.5) is 16.2 Å². The molecule has 1 atom stereocenters. The van der Waals surface area contributed by atoms with Crippen molar-refractivity contribution in [2.45, 2.75) is 12.5 Å². The van der Waals surface area contributed by atoms with Gasteiger partial charge in [-0.15, -0.1) is 0 Å². The largest absolute Gasteiger partial charge is 0.508 e. The van der Waals surface area contributed by atoms with E-state index in [9.17, 15) is 9.90 Å². The summed E-state index contributed by atoms with van der Waals surface area (Å²) in [4.78, 5) is 19.7. The zero-order valence-corrected chi connectivity index (χ0v) is 18.1. The Morgan fingerprint density at radius 1 is 1.03 bits per heavy atom. The molecular weight excluding hydrogens is 418 g/mol. The van der Waals surface area contributed by atoms with Crippen LogP contribution in [0.3, 0.4) is 0 Å². The van der Waals surface area contributed by atoms with Crippen LogP contribution in [0.25, 0.3) is 0 Å². The molecule has 1 saturated heterocycles. The average molecular weight is 444 g/mol. The number of benzene rings is 2. The fourth-order valence-corrected chi connectivity index (χ4v) is 4.18. The van der Waals surface area contributed by atoms with Crippen molar-refractivity contribution in [3.63, 3.8) is 0 Å². The number of anilines is 2. The fourth-order valence-electron chi connectivity index (χ4n) is 4.18. The molecule has 33 heavy (non-hydrogen) atoms. The van der Waals surface area contributed by atoms with E-state index in [0.29, 0.717) is 17.7 Å². The number of hydrogen-bond acceptors (Lipinski definition) is 6. The van der Waals surface area contributed by atoms with Crippen LogP contribution in [0, 0.1) is 0 Å². The summed E-state index contributed by atoms with van der Waals surface area (Å²) in [5, 5.41) is 19.4. The van der Waals surface area contributed by atoms with Gasteiger partial charge >= 0.3 is 6.03 Å². The molecule has 0 saturated carbocycles. The fraction of sp³-hybridized carbons (Fsp3) is 0.240. The molecule has 1 fully saturated rings. The van der Waals surface area contributed by atoms with Crippen molar-refractivity contribution in [2.75, 3.05) is 36.5 Å². The van der Waals surface area contributed by atoms with Crippen LogP contribution in [-0.2, 0) is 4.74 Å². The van der Waals surface area contributed by atoms with Gasteiger partial charge in [-0.05, 0) is 36.4 Å². The summed E-state index contributed by atoms with van der Waals surface area (Å²) in [5.41, 5.74) is 4.02. The van der Waals surface area contributed by atoms with E-state index in [2.05, 4.69) is 20.3 Å². The quantitative estimate of drug-likeness (QED) is 0.636. The molecular formula is C25H25N5O3. The molecule has 1 aromatic heterocycles. The Labute approximate surface area is 192 Å². The summed E-state index contributed by atoms with van der Waals surface area (Å²) in [6, 6.07) is 17.8. The van der Waals surface area contributed by atoms with Crippen molar-refractivity contribution in [1.29, 1.82) is 0 Å². The van der Waals surface area contributed by atoms with Crippen LogP contribution in [0.5, 0.6) is 5.75 Å². The van der Waals surface area contributed by atoms with E-state index in [4.69, 9.17) is 4.74 Å². The van der Waals surface area contributed by atoms with E-state index < -0.39 is 6.04 Å². The van der Waals surface area contributed by atoms with E-state index in [1.54, 1.807) is 24.5 Å². The maximum Gasteiger partial charge on any atom is 0.342 e. The van der Waals surface area contributed by atoms with E-state index >= 15 is 0 Å². The number of aromatic nitrogens is 1. The highest BCUT2D eigenvalue weighted by Crippen LogP contribution is 2.37. The van der Waals surface area contributed by atoms with Gasteiger partial charge in [0.2, 0.25) is 0 Å². The second-order valence-corrected chi connectivity index (χ2v) is 7.99. The molecule has 8 nitrogen and oxygen atoms in total. The SMILES string of the molecule is O=C(Nc1ccc(N2CCOCC2)cc1)N1N=C(c2cccnc2)CC1c1ccccc1O. The number of aromatic hydroxyl groups is 1. The third kappa shape index (κ3) is 4.51. The van der Waals surface area contributed by atoms with Crippen LogP contribution in [-0.4, -0.2) is 53.1 Å². The first-order chi connectivity index (χ1) is 16.2. The van der Waals surface area contributed by atoms with E-state index in [0.717, 1.165) is 43.3 Å². The molecule has 2 aromatic carbocycles. The highest BCUT2D eigenvalue weighted by molar-refractivity contribution is 6.04. The van der Waals surface area contributed by atoms with Gasteiger partial charge in [-0.25, -0.2) is 9.80 Å². The Morgan fingerprint density at radius 2 is 1.82 bits per heavy atom. The summed E-state index contributed by atoms with van der Waals surface area (Å²) in [7, 11) is 0. The third-order valence-corrected chi connectivity index (χ3v) is 5.90. The number of nitrogens with zero attached hydrogens (tertiary/aromatic N) is 4. The molecule has 2 N–H and O–H groups in total. The monoisotopic (exact) mass is 443 g/mol. The summed E-state index contributed by atoms with van der Waals surface area (Å²) in [6.07, 6.45) is 3.91. The number of carbonyl (C=O) groups is 1. The van der Waals surface area contributed by atoms with Gasteiger partial charge in [-0.3, -0.25) is 4.98 Å². The van der Waals surface area contributed by atoms with E-state index in [1.165, 1.54) is 5.01 Å². The molecule has 2 aliphatic rings. The second-order valence-electron chi connectivity index (χ2n) is 7.99. The van der Waals surface area contributed by atoms with Crippen LogP contribution in [0.1, 0.15) is 23.6 Å². The van der Waals surface area contributed by atoms with Gasteiger partial charge in [0.1, 0.15) is 5.75 Å². The molecule has 0 bridgehead atoms. The molecule has 0 radical (unpaired) electrons. The number of amides is 2. The summed E-state index contributed by atoms with van der Waals surface area (Å²) >= 11 is 0. The van der Waals surface area contributed by atoms with Gasteiger partial charge in [0.05, 0.1) is 25.0 Å². The first-order valence-corrected chi connectivity index (χ1v) is 11.0. The molecule has 3 heterocycles. The zero-order valence-electron chi connectivity index (χ0n) is 18.1. The number of pyridine rings is 1. The third-order valence-electron chi connectivity index (χ3n) is 5.90. The number of nitrogens with one attached hydrogen (secondary N) is 1. The lowest BCUT2D eigenvalue weighted by atomic mass is 9.98. The number of rotatable bonds is 4. The van der Waals surface area contributed by atoms with Gasteiger partial charge < -0.3 is 20.1 Å². The maximum atomic E-state index is 13.3. The lowest BCUT2D eigenvalue weighted by molar-refractivity contribution is 0.122. The molecule has 3 aromatic rings. The van der Waals surface area contributed by atoms with Crippen molar-refractivity contribution >= 4 is 23.1 Å². The van der Waals surface area contributed by atoms with Crippen LogP contribution in [0.15, 0.2) is 78.2 Å². The number of carbonyl (C=O) groups excluding carboxylic acids is 1. The highest BCUT2D eigenvalue weighted by Gasteiger charge is 2.34. The van der Waals surface area contributed by atoms with Crippen molar-refractivity contribution in [2.24, 2.45) is 5.10 Å². The number of morpholine rings is 1. The molecule has 2 aliphatic heterocycles. The topological polar surface area (TPSA) is 90.3 Å². The highest BCUT2D eigenvalue weighted by atomic mass is 16.5. The molecule has 0 spiro atoms. The normalized spacial score (nSPS) is 18.2. The number of phenolic OH excluding ortho intramolecular Hbond substituents is 1. The Hall–Kier alpha value is -3.91. The Kier molecular flexibility index (Phi) is 5.91. The van der Waals surface area contributed by atoms with Gasteiger partial charge in [0, 0.05) is 54.4 Å². The number of hydrogen-bond donors (Lipinski definition) is 2.